The SMILES string of the molecule is CO[C@@H](C)C(=O)N[C@@H](CCC(=O)C=N)C(=O)OC1CCC1. The molecule has 0 aromatic rings. The van der Waals surface area contributed by atoms with Crippen LogP contribution in [-0.4, -0.2) is 49.2 Å². The molecule has 0 aromatic heterocycles. The molecule has 7 nitrogen and oxygen atoms in total. The maximum absolute atomic E-state index is 12.0. The van der Waals surface area contributed by atoms with Gasteiger partial charge in [0.15, 0.2) is 5.78 Å². The van der Waals surface area contributed by atoms with E-state index in [-0.39, 0.29) is 18.9 Å². The molecule has 0 saturated heterocycles. The lowest BCUT2D eigenvalue weighted by Crippen LogP contribution is -2.47. The van der Waals surface area contributed by atoms with E-state index in [1.54, 1.807) is 6.92 Å². The fourth-order valence-corrected chi connectivity index (χ4v) is 1.74. The van der Waals surface area contributed by atoms with E-state index >= 15 is 0 Å². The van der Waals surface area contributed by atoms with E-state index in [0.717, 1.165) is 19.3 Å². The monoisotopic (exact) mass is 298 g/mol. The van der Waals surface area contributed by atoms with Gasteiger partial charge in [0, 0.05) is 13.5 Å². The molecule has 1 amide bonds. The summed E-state index contributed by atoms with van der Waals surface area (Å²) in [5.74, 6) is -1.37. The summed E-state index contributed by atoms with van der Waals surface area (Å²) in [6, 6.07) is -0.889. The summed E-state index contributed by atoms with van der Waals surface area (Å²) in [6.45, 7) is 1.56. The molecular formula is C14H22N2O5. The molecule has 0 bridgehead atoms. The molecule has 1 aliphatic carbocycles. The van der Waals surface area contributed by atoms with Crippen molar-refractivity contribution < 1.29 is 23.9 Å². The minimum absolute atomic E-state index is 0.00950. The third-order valence-corrected chi connectivity index (χ3v) is 3.50. The van der Waals surface area contributed by atoms with Crippen molar-refractivity contribution in [3.8, 4) is 0 Å². The number of ether oxygens (including phenoxy) is 2. The van der Waals surface area contributed by atoms with Crippen molar-refractivity contribution in [2.75, 3.05) is 7.11 Å². The predicted molar refractivity (Wildman–Crippen MR) is 75.2 cm³/mol. The predicted octanol–water partition coefficient (Wildman–Crippen LogP) is 0.601. The zero-order valence-electron chi connectivity index (χ0n) is 12.4. The van der Waals surface area contributed by atoms with Crippen molar-refractivity contribution in [3.63, 3.8) is 0 Å². The smallest absolute Gasteiger partial charge is 0.328 e. The second-order valence-electron chi connectivity index (χ2n) is 5.08. The van der Waals surface area contributed by atoms with Gasteiger partial charge in [0.1, 0.15) is 18.2 Å². The van der Waals surface area contributed by atoms with Crippen LogP contribution in [0.2, 0.25) is 0 Å². The number of carbonyl (C=O) groups excluding carboxylic acids is 3. The highest BCUT2D eigenvalue weighted by molar-refractivity contribution is 6.26. The lowest BCUT2D eigenvalue weighted by atomic mass is 9.96. The molecule has 0 heterocycles. The van der Waals surface area contributed by atoms with E-state index in [9.17, 15) is 14.4 Å². The summed E-state index contributed by atoms with van der Waals surface area (Å²) in [5.41, 5.74) is 0. The molecule has 1 saturated carbocycles. The van der Waals surface area contributed by atoms with Gasteiger partial charge in [0.25, 0.3) is 0 Å². The molecule has 7 heteroatoms. The molecule has 2 N–H and O–H groups in total. The van der Waals surface area contributed by atoms with Gasteiger partial charge < -0.3 is 20.2 Å². The minimum atomic E-state index is -0.889. The first-order valence-electron chi connectivity index (χ1n) is 7.05. The average Bonchev–Trinajstić information content (AvgIpc) is 2.45. The van der Waals surface area contributed by atoms with Gasteiger partial charge in [-0.3, -0.25) is 9.59 Å². The quantitative estimate of drug-likeness (QED) is 0.479. The second-order valence-corrected chi connectivity index (χ2v) is 5.08. The number of Topliss-reactive ketones (excluding diaryl/α,β-unsaturated/α-hetero) is 1. The lowest BCUT2D eigenvalue weighted by Gasteiger charge is -2.28. The van der Waals surface area contributed by atoms with E-state index in [2.05, 4.69) is 5.32 Å². The van der Waals surface area contributed by atoms with Gasteiger partial charge in [-0.15, -0.1) is 0 Å². The number of nitrogens with one attached hydrogen (secondary N) is 2. The molecule has 1 rings (SSSR count). The zero-order valence-corrected chi connectivity index (χ0v) is 12.4. The first-order valence-corrected chi connectivity index (χ1v) is 7.05. The Morgan fingerprint density at radius 2 is 2.05 bits per heavy atom. The van der Waals surface area contributed by atoms with Crippen LogP contribution in [-0.2, 0) is 23.9 Å². The Balaban J connectivity index is 2.58. The van der Waals surface area contributed by atoms with E-state index in [4.69, 9.17) is 14.9 Å². The van der Waals surface area contributed by atoms with Crippen LogP contribution in [0.5, 0.6) is 0 Å². The number of carbonyl (C=O) groups is 3. The summed E-state index contributed by atoms with van der Waals surface area (Å²) in [7, 11) is 1.39. The number of hydrogen-bond donors (Lipinski definition) is 2. The van der Waals surface area contributed by atoms with Crippen molar-refractivity contribution in [2.24, 2.45) is 0 Å². The number of ketones is 1. The molecule has 1 fully saturated rings. The molecular weight excluding hydrogens is 276 g/mol. The van der Waals surface area contributed by atoms with E-state index in [1.165, 1.54) is 7.11 Å². The number of methoxy groups -OCH3 is 1. The Morgan fingerprint density at radius 1 is 1.38 bits per heavy atom. The Morgan fingerprint density at radius 3 is 2.52 bits per heavy atom. The largest absolute Gasteiger partial charge is 0.461 e. The van der Waals surface area contributed by atoms with Gasteiger partial charge in [-0.2, -0.15) is 0 Å². The summed E-state index contributed by atoms with van der Waals surface area (Å²) >= 11 is 0. The topological polar surface area (TPSA) is 106 Å². The first kappa shape index (κ1) is 17.3. The van der Waals surface area contributed by atoms with Crippen molar-refractivity contribution in [1.29, 1.82) is 5.41 Å². The summed E-state index contributed by atoms with van der Waals surface area (Å²) in [5, 5.41) is 9.39. The highest BCUT2D eigenvalue weighted by Gasteiger charge is 2.29. The zero-order chi connectivity index (χ0) is 15.8. The second kappa shape index (κ2) is 8.51. The number of esters is 1. The van der Waals surface area contributed by atoms with Crippen LogP contribution in [0.1, 0.15) is 39.0 Å². The van der Waals surface area contributed by atoms with Crippen molar-refractivity contribution in [2.45, 2.75) is 57.3 Å². The van der Waals surface area contributed by atoms with Gasteiger partial charge in [-0.25, -0.2) is 4.79 Å². The van der Waals surface area contributed by atoms with Crippen LogP contribution < -0.4 is 5.32 Å². The molecule has 1 aliphatic rings. The van der Waals surface area contributed by atoms with Crippen molar-refractivity contribution in [1.82, 2.24) is 5.32 Å². The summed E-state index contributed by atoms with van der Waals surface area (Å²) in [4.78, 5) is 35.0. The van der Waals surface area contributed by atoms with Crippen LogP contribution in [0.4, 0.5) is 0 Å². The average molecular weight is 298 g/mol. The van der Waals surface area contributed by atoms with Gasteiger partial charge >= 0.3 is 5.97 Å². The third-order valence-electron chi connectivity index (χ3n) is 3.50. The van der Waals surface area contributed by atoms with E-state index < -0.39 is 29.8 Å². The standard InChI is InChI=1S/C14H22N2O5/c1-9(20-2)13(18)16-12(7-6-10(17)8-15)14(19)21-11-4-3-5-11/h8-9,11-12,15H,3-7H2,1-2H3,(H,16,18)/t9-,12-/m0/s1. The summed E-state index contributed by atoms with van der Waals surface area (Å²) < 4.78 is 10.2. The number of hydrogen-bond acceptors (Lipinski definition) is 6. The lowest BCUT2D eigenvalue weighted by molar-refractivity contribution is -0.157. The number of rotatable bonds is 9. The molecule has 0 unspecified atom stereocenters. The van der Waals surface area contributed by atoms with Crippen LogP contribution in [0, 0.1) is 5.41 Å². The first-order chi connectivity index (χ1) is 9.97. The Bertz CT molecular complexity index is 406. The summed E-state index contributed by atoms with van der Waals surface area (Å²) in [6.07, 6.45) is 2.74. The fourth-order valence-electron chi connectivity index (χ4n) is 1.74. The van der Waals surface area contributed by atoms with Crippen molar-refractivity contribution >= 4 is 23.9 Å². The molecule has 0 spiro atoms. The molecule has 2 atom stereocenters. The van der Waals surface area contributed by atoms with Crippen LogP contribution >= 0.6 is 0 Å². The van der Waals surface area contributed by atoms with Crippen molar-refractivity contribution in [3.05, 3.63) is 0 Å². The van der Waals surface area contributed by atoms with E-state index in [1.807, 2.05) is 0 Å². The maximum Gasteiger partial charge on any atom is 0.328 e. The number of amides is 1. The molecule has 0 radical (unpaired) electrons. The van der Waals surface area contributed by atoms with Gasteiger partial charge in [0.2, 0.25) is 5.91 Å². The minimum Gasteiger partial charge on any atom is -0.461 e. The highest BCUT2D eigenvalue weighted by atomic mass is 16.5. The van der Waals surface area contributed by atoms with Crippen LogP contribution in [0.15, 0.2) is 0 Å². The Kier molecular flexibility index (Phi) is 7.01. The molecule has 21 heavy (non-hydrogen) atoms. The Labute approximate surface area is 123 Å². The fraction of sp³-hybridized carbons (Fsp3) is 0.714. The third kappa shape index (κ3) is 5.63. The molecule has 118 valence electrons. The van der Waals surface area contributed by atoms with Gasteiger partial charge in [-0.05, 0) is 32.6 Å². The Hall–Kier alpha value is -1.76. The highest BCUT2D eigenvalue weighted by Crippen LogP contribution is 2.22. The molecule has 0 aliphatic heterocycles. The molecule has 0 aromatic carbocycles. The van der Waals surface area contributed by atoms with Crippen LogP contribution in [0.25, 0.3) is 0 Å². The normalized spacial score (nSPS) is 17.2. The van der Waals surface area contributed by atoms with E-state index in [0.29, 0.717) is 6.21 Å². The van der Waals surface area contributed by atoms with Gasteiger partial charge in [0.05, 0.1) is 6.21 Å². The maximum atomic E-state index is 12.0. The van der Waals surface area contributed by atoms with Crippen LogP contribution in [0.3, 0.4) is 0 Å². The van der Waals surface area contributed by atoms with Gasteiger partial charge in [-0.1, -0.05) is 0 Å².